The molecule has 0 spiro atoms. The number of hydrogen-bond acceptors (Lipinski definition) is 7. The lowest BCUT2D eigenvalue weighted by molar-refractivity contribution is -0.146. The molecule has 8 heteroatoms. The molecule has 6 rings (SSSR count). The van der Waals surface area contributed by atoms with Gasteiger partial charge >= 0.3 is 5.97 Å². The molecule has 3 atom stereocenters. The normalized spacial score (nSPS) is 21.3. The number of carbonyl (C=O) groups excluding carboxylic acids is 1. The predicted molar refractivity (Wildman–Crippen MR) is 162 cm³/mol. The van der Waals surface area contributed by atoms with Crippen LogP contribution >= 0.6 is 0 Å². The summed E-state index contributed by atoms with van der Waals surface area (Å²) in [7, 11) is 0. The highest BCUT2D eigenvalue weighted by Crippen LogP contribution is 2.37. The molecule has 228 valence electrons. The van der Waals surface area contributed by atoms with Gasteiger partial charge in [0.2, 0.25) is 6.79 Å². The van der Waals surface area contributed by atoms with Gasteiger partial charge in [-0.3, -0.25) is 9.69 Å². The average Bonchev–Trinajstić information content (AvgIpc) is 3.52. The number of benzene rings is 3. The van der Waals surface area contributed by atoms with Crippen molar-refractivity contribution in [1.82, 2.24) is 9.80 Å². The van der Waals surface area contributed by atoms with Crippen LogP contribution in [-0.4, -0.2) is 67.9 Å². The molecule has 3 aromatic rings. The Hall–Kier alpha value is -3.62. The molecule has 0 N–H and O–H groups in total. The van der Waals surface area contributed by atoms with Crippen molar-refractivity contribution >= 4 is 5.97 Å². The van der Waals surface area contributed by atoms with Gasteiger partial charge in [-0.2, -0.15) is 0 Å². The number of piperidine rings is 2. The summed E-state index contributed by atoms with van der Waals surface area (Å²) in [6.45, 7) is 5.61. The fraction of sp³-hybridized carbons (Fsp3) is 0.457. The first-order valence-corrected chi connectivity index (χ1v) is 15.5. The molecular formula is C35H41FN2O5. The van der Waals surface area contributed by atoms with E-state index >= 15 is 0 Å². The minimum atomic E-state index is -0.224. The van der Waals surface area contributed by atoms with E-state index in [1.54, 1.807) is 12.1 Å². The standard InChI is InChI=1S/C35H41FN2O5/c36-29-11-9-27(10-12-29)32-15-18-37(21-28(32)24-40-31-13-14-33-34(20-31)43-25-42-33)22-30(38-16-5-2-6-17-38)19-35(39)41-23-26-7-3-1-4-8-26/h1,3-4,7-14,20,28,30,32H,2,5-6,15-19,21-25H2/t28-,30?,32-/m0/s1. The van der Waals surface area contributed by atoms with Gasteiger partial charge in [0.1, 0.15) is 18.2 Å². The molecule has 3 aliphatic heterocycles. The Bertz CT molecular complexity index is 1330. The first-order chi connectivity index (χ1) is 21.1. The van der Waals surface area contributed by atoms with Crippen LogP contribution in [0.4, 0.5) is 4.39 Å². The summed E-state index contributed by atoms with van der Waals surface area (Å²) in [5.41, 5.74) is 2.14. The zero-order valence-corrected chi connectivity index (χ0v) is 24.7. The van der Waals surface area contributed by atoms with Crippen molar-refractivity contribution in [3.05, 3.63) is 89.7 Å². The number of likely N-dealkylation sites (tertiary alicyclic amines) is 2. The number of nitrogens with zero attached hydrogens (tertiary/aromatic N) is 2. The molecule has 3 aliphatic rings. The third kappa shape index (κ3) is 7.86. The van der Waals surface area contributed by atoms with E-state index in [4.69, 9.17) is 18.9 Å². The van der Waals surface area contributed by atoms with Crippen molar-refractivity contribution in [3.8, 4) is 17.2 Å². The maximum absolute atomic E-state index is 13.8. The van der Waals surface area contributed by atoms with Gasteiger partial charge in [0.05, 0.1) is 13.0 Å². The average molecular weight is 589 g/mol. The first kappa shape index (κ1) is 29.5. The number of hydrogen-bond donors (Lipinski definition) is 0. The highest BCUT2D eigenvalue weighted by Gasteiger charge is 2.34. The molecule has 7 nitrogen and oxygen atoms in total. The molecule has 0 saturated carbocycles. The van der Waals surface area contributed by atoms with Crippen LogP contribution in [0.15, 0.2) is 72.8 Å². The van der Waals surface area contributed by atoms with E-state index in [9.17, 15) is 9.18 Å². The molecule has 2 fully saturated rings. The fourth-order valence-electron chi connectivity index (χ4n) is 6.64. The van der Waals surface area contributed by atoms with Crippen molar-refractivity contribution in [2.24, 2.45) is 5.92 Å². The van der Waals surface area contributed by atoms with E-state index in [1.807, 2.05) is 60.7 Å². The second-order valence-corrected chi connectivity index (χ2v) is 11.9. The van der Waals surface area contributed by atoms with Crippen molar-refractivity contribution in [2.45, 2.75) is 50.7 Å². The summed E-state index contributed by atoms with van der Waals surface area (Å²) in [5.74, 6) is 2.23. The monoisotopic (exact) mass is 588 g/mol. The Morgan fingerprint density at radius 2 is 1.72 bits per heavy atom. The summed E-state index contributed by atoms with van der Waals surface area (Å²) < 4.78 is 36.8. The van der Waals surface area contributed by atoms with Crippen LogP contribution in [0.3, 0.4) is 0 Å². The van der Waals surface area contributed by atoms with E-state index in [-0.39, 0.29) is 36.5 Å². The maximum Gasteiger partial charge on any atom is 0.307 e. The lowest BCUT2D eigenvalue weighted by Crippen LogP contribution is -2.51. The second-order valence-electron chi connectivity index (χ2n) is 11.9. The summed E-state index contributed by atoms with van der Waals surface area (Å²) in [4.78, 5) is 18.0. The molecule has 2 saturated heterocycles. The van der Waals surface area contributed by atoms with Crippen LogP contribution < -0.4 is 14.2 Å². The maximum atomic E-state index is 13.8. The van der Waals surface area contributed by atoms with E-state index in [2.05, 4.69) is 9.80 Å². The summed E-state index contributed by atoms with van der Waals surface area (Å²) in [6.07, 6.45) is 4.88. The Morgan fingerprint density at radius 1 is 0.930 bits per heavy atom. The Labute approximate surface area is 253 Å². The topological polar surface area (TPSA) is 60.5 Å². The van der Waals surface area contributed by atoms with Gasteiger partial charge < -0.3 is 23.8 Å². The van der Waals surface area contributed by atoms with Gasteiger partial charge in [0.25, 0.3) is 0 Å². The molecule has 3 heterocycles. The third-order valence-electron chi connectivity index (χ3n) is 8.95. The fourth-order valence-corrected chi connectivity index (χ4v) is 6.64. The van der Waals surface area contributed by atoms with Gasteiger partial charge in [0, 0.05) is 31.1 Å². The molecule has 43 heavy (non-hydrogen) atoms. The van der Waals surface area contributed by atoms with Crippen LogP contribution in [-0.2, 0) is 16.1 Å². The van der Waals surface area contributed by atoms with Crippen LogP contribution in [0.5, 0.6) is 17.2 Å². The quantitative estimate of drug-likeness (QED) is 0.254. The largest absolute Gasteiger partial charge is 0.493 e. The Balaban J connectivity index is 1.13. The molecule has 0 radical (unpaired) electrons. The lowest BCUT2D eigenvalue weighted by Gasteiger charge is -2.42. The summed E-state index contributed by atoms with van der Waals surface area (Å²) >= 11 is 0. The molecular weight excluding hydrogens is 547 g/mol. The number of esters is 1. The van der Waals surface area contributed by atoms with Gasteiger partial charge in [0.15, 0.2) is 11.5 Å². The Morgan fingerprint density at radius 3 is 2.53 bits per heavy atom. The first-order valence-electron chi connectivity index (χ1n) is 15.5. The van der Waals surface area contributed by atoms with Crippen LogP contribution in [0.25, 0.3) is 0 Å². The number of halogens is 1. The predicted octanol–water partition coefficient (Wildman–Crippen LogP) is 6.03. The lowest BCUT2D eigenvalue weighted by atomic mass is 9.80. The van der Waals surface area contributed by atoms with Gasteiger partial charge in [-0.05, 0) is 80.2 Å². The molecule has 0 bridgehead atoms. The summed E-state index contributed by atoms with van der Waals surface area (Å²) in [5, 5.41) is 0. The van der Waals surface area contributed by atoms with Gasteiger partial charge in [-0.25, -0.2) is 4.39 Å². The molecule has 0 aromatic heterocycles. The number of ether oxygens (including phenoxy) is 4. The van der Waals surface area contributed by atoms with Gasteiger partial charge in [-0.15, -0.1) is 0 Å². The molecule has 0 amide bonds. The summed E-state index contributed by atoms with van der Waals surface area (Å²) in [6, 6.07) is 22.5. The smallest absolute Gasteiger partial charge is 0.307 e. The minimum absolute atomic E-state index is 0.0985. The highest BCUT2D eigenvalue weighted by atomic mass is 19.1. The van der Waals surface area contributed by atoms with E-state index < -0.39 is 0 Å². The van der Waals surface area contributed by atoms with E-state index in [1.165, 1.54) is 6.42 Å². The molecule has 3 aromatic carbocycles. The van der Waals surface area contributed by atoms with Gasteiger partial charge in [-0.1, -0.05) is 48.9 Å². The van der Waals surface area contributed by atoms with Crippen molar-refractivity contribution in [2.75, 3.05) is 46.1 Å². The zero-order valence-electron chi connectivity index (χ0n) is 24.7. The van der Waals surface area contributed by atoms with Crippen molar-refractivity contribution < 1.29 is 28.1 Å². The second kappa shape index (κ2) is 14.2. The van der Waals surface area contributed by atoms with E-state index in [0.29, 0.717) is 25.4 Å². The molecule has 0 aliphatic carbocycles. The SMILES string of the molecule is O=C(CC(CN1CC[C@@H](c2ccc(F)cc2)[C@H](COc2ccc3c(c2)OCO3)C1)N1CCCCC1)OCc1ccccc1. The van der Waals surface area contributed by atoms with Crippen molar-refractivity contribution in [3.63, 3.8) is 0 Å². The van der Waals surface area contributed by atoms with Crippen LogP contribution in [0.1, 0.15) is 49.1 Å². The third-order valence-corrected chi connectivity index (χ3v) is 8.95. The van der Waals surface area contributed by atoms with Crippen LogP contribution in [0.2, 0.25) is 0 Å². The van der Waals surface area contributed by atoms with Crippen LogP contribution in [0, 0.1) is 11.7 Å². The number of rotatable bonds is 11. The number of carbonyl (C=O) groups is 1. The van der Waals surface area contributed by atoms with Crippen molar-refractivity contribution in [1.29, 1.82) is 0 Å². The minimum Gasteiger partial charge on any atom is -0.493 e. The number of fused-ring (bicyclic) bond motifs is 1. The Kier molecular flexibility index (Phi) is 9.75. The van der Waals surface area contributed by atoms with E-state index in [0.717, 1.165) is 74.6 Å². The molecule has 1 unspecified atom stereocenters. The highest BCUT2D eigenvalue weighted by molar-refractivity contribution is 5.70. The zero-order chi connectivity index (χ0) is 29.4.